The highest BCUT2D eigenvalue weighted by atomic mass is 32.2. The van der Waals surface area contributed by atoms with Crippen molar-refractivity contribution in [2.24, 2.45) is 23.0 Å². The number of fused-ring (bicyclic) bond motifs is 1. The van der Waals surface area contributed by atoms with Crippen LogP contribution in [0.25, 0.3) is 0 Å². The number of nitrogens with two attached hydrogens (primary N) is 1. The van der Waals surface area contributed by atoms with Gasteiger partial charge in [-0.25, -0.2) is 0 Å². The van der Waals surface area contributed by atoms with Crippen LogP contribution in [0.1, 0.15) is 26.7 Å². The van der Waals surface area contributed by atoms with Gasteiger partial charge in [0.1, 0.15) is 0 Å². The zero-order valence-electron chi connectivity index (χ0n) is 14.0. The van der Waals surface area contributed by atoms with E-state index in [1.165, 1.54) is 17.7 Å². The van der Waals surface area contributed by atoms with Gasteiger partial charge in [0.15, 0.2) is 0 Å². The van der Waals surface area contributed by atoms with Crippen LogP contribution in [0.4, 0.5) is 0 Å². The van der Waals surface area contributed by atoms with E-state index in [1.54, 1.807) is 12.2 Å². The second kappa shape index (κ2) is 7.54. The average molecular weight is 333 g/mol. The van der Waals surface area contributed by atoms with Gasteiger partial charge in [-0.3, -0.25) is 4.79 Å². The van der Waals surface area contributed by atoms with Crippen LogP contribution < -0.4 is 5.73 Å². The number of hydrogen-bond donors (Lipinski definition) is 2. The van der Waals surface area contributed by atoms with Crippen molar-refractivity contribution in [1.82, 2.24) is 0 Å². The molecule has 23 heavy (non-hydrogen) atoms. The van der Waals surface area contributed by atoms with Crippen molar-refractivity contribution in [3.63, 3.8) is 0 Å². The van der Waals surface area contributed by atoms with E-state index in [4.69, 9.17) is 10.8 Å². The number of carboxylic acid groups (broad SMARTS) is 1. The number of aliphatic carboxylic acids is 1. The van der Waals surface area contributed by atoms with E-state index >= 15 is 0 Å². The SMILES string of the molecule is C=C(/C=C\C(CN)C(=O)O)CC1=CC2C(C=C1)SCCC2(C)C. The summed E-state index contributed by atoms with van der Waals surface area (Å²) >= 11 is 2.04. The second-order valence-corrected chi connectivity index (χ2v) is 8.36. The minimum atomic E-state index is -0.892. The lowest BCUT2D eigenvalue weighted by molar-refractivity contribution is -0.139. The first kappa shape index (κ1) is 18.1. The molecule has 0 aromatic rings. The standard InChI is InChI=1S/C19H27NO2S/c1-13(4-6-15(12-20)18(21)22)10-14-5-7-17-16(11-14)19(2,3)8-9-23-17/h4-7,11,15-17H,1,8-10,12,20H2,2-3H3,(H,21,22)/b6-4-. The van der Waals surface area contributed by atoms with Crippen LogP contribution in [-0.4, -0.2) is 28.6 Å². The van der Waals surface area contributed by atoms with Crippen molar-refractivity contribution in [2.75, 3.05) is 12.3 Å². The molecule has 1 aliphatic heterocycles. The summed E-state index contributed by atoms with van der Waals surface area (Å²) in [5.41, 5.74) is 7.98. The smallest absolute Gasteiger partial charge is 0.311 e. The summed E-state index contributed by atoms with van der Waals surface area (Å²) in [6, 6.07) is 0. The molecule has 0 spiro atoms. The third kappa shape index (κ3) is 4.61. The van der Waals surface area contributed by atoms with Crippen LogP contribution in [0.2, 0.25) is 0 Å². The number of rotatable bonds is 6. The molecule has 2 rings (SSSR count). The molecule has 4 heteroatoms. The van der Waals surface area contributed by atoms with E-state index in [1.807, 2.05) is 11.8 Å². The Morgan fingerprint density at radius 1 is 1.61 bits per heavy atom. The quantitative estimate of drug-likeness (QED) is 0.726. The Morgan fingerprint density at radius 2 is 2.35 bits per heavy atom. The molecule has 0 amide bonds. The molecule has 0 bridgehead atoms. The van der Waals surface area contributed by atoms with Gasteiger partial charge in [0.25, 0.3) is 0 Å². The van der Waals surface area contributed by atoms with E-state index < -0.39 is 11.9 Å². The van der Waals surface area contributed by atoms with Gasteiger partial charge in [0.2, 0.25) is 0 Å². The molecule has 1 fully saturated rings. The Balaban J connectivity index is 2.01. The van der Waals surface area contributed by atoms with Crippen LogP contribution in [0.15, 0.2) is 48.1 Å². The molecule has 1 saturated heterocycles. The fraction of sp³-hybridized carbons (Fsp3) is 0.526. The average Bonchev–Trinajstić information content (AvgIpc) is 2.48. The lowest BCUT2D eigenvalue weighted by atomic mass is 9.72. The molecule has 3 atom stereocenters. The Hall–Kier alpha value is -1.26. The van der Waals surface area contributed by atoms with Gasteiger partial charge in [-0.15, -0.1) is 0 Å². The van der Waals surface area contributed by atoms with E-state index in [-0.39, 0.29) is 6.54 Å². The molecule has 1 aliphatic carbocycles. The fourth-order valence-corrected chi connectivity index (χ4v) is 4.89. The molecule has 0 aromatic carbocycles. The molecular formula is C19H27NO2S. The first-order valence-electron chi connectivity index (χ1n) is 8.13. The van der Waals surface area contributed by atoms with Crippen molar-refractivity contribution < 1.29 is 9.90 Å². The minimum Gasteiger partial charge on any atom is -0.481 e. The molecule has 3 N–H and O–H groups in total. The third-order valence-corrected chi connectivity index (χ3v) is 6.05. The van der Waals surface area contributed by atoms with E-state index in [0.29, 0.717) is 16.6 Å². The predicted molar refractivity (Wildman–Crippen MR) is 98.4 cm³/mol. The molecule has 0 aromatic heterocycles. The molecule has 0 radical (unpaired) electrons. The molecule has 0 saturated carbocycles. The topological polar surface area (TPSA) is 63.3 Å². The largest absolute Gasteiger partial charge is 0.481 e. The van der Waals surface area contributed by atoms with E-state index in [9.17, 15) is 4.79 Å². The first-order valence-corrected chi connectivity index (χ1v) is 9.17. The van der Waals surface area contributed by atoms with Gasteiger partial charge in [-0.05, 0) is 35.5 Å². The number of allylic oxidation sites excluding steroid dienone is 5. The molecule has 126 valence electrons. The summed E-state index contributed by atoms with van der Waals surface area (Å²) in [6.45, 7) is 8.87. The Kier molecular flexibility index (Phi) is 5.93. The Morgan fingerprint density at radius 3 is 3.00 bits per heavy atom. The number of hydrogen-bond acceptors (Lipinski definition) is 3. The second-order valence-electron chi connectivity index (χ2n) is 7.08. The minimum absolute atomic E-state index is 0.108. The summed E-state index contributed by atoms with van der Waals surface area (Å²) in [7, 11) is 0. The van der Waals surface area contributed by atoms with Crippen LogP contribution in [-0.2, 0) is 4.79 Å². The maximum Gasteiger partial charge on any atom is 0.311 e. The first-order chi connectivity index (χ1) is 10.8. The van der Waals surface area contributed by atoms with Crippen LogP contribution in [0.5, 0.6) is 0 Å². The Labute approximate surface area is 143 Å². The van der Waals surface area contributed by atoms with Gasteiger partial charge >= 0.3 is 5.97 Å². The highest BCUT2D eigenvalue weighted by molar-refractivity contribution is 8.00. The maximum absolute atomic E-state index is 11.0. The highest BCUT2D eigenvalue weighted by Gasteiger charge is 2.38. The van der Waals surface area contributed by atoms with Crippen LogP contribution >= 0.6 is 11.8 Å². The fourth-order valence-electron chi connectivity index (χ4n) is 3.13. The third-order valence-electron chi connectivity index (χ3n) is 4.77. The number of thioether (sulfide) groups is 1. The molecule has 3 nitrogen and oxygen atoms in total. The summed E-state index contributed by atoms with van der Waals surface area (Å²) in [5.74, 6) is 0.263. The highest BCUT2D eigenvalue weighted by Crippen LogP contribution is 2.47. The van der Waals surface area contributed by atoms with Gasteiger partial charge in [-0.2, -0.15) is 11.8 Å². The zero-order valence-corrected chi connectivity index (χ0v) is 14.8. The van der Waals surface area contributed by atoms with Crippen molar-refractivity contribution >= 4 is 17.7 Å². The predicted octanol–water partition coefficient (Wildman–Crippen LogP) is 3.79. The summed E-state index contributed by atoms with van der Waals surface area (Å²) < 4.78 is 0. The lowest BCUT2D eigenvalue weighted by Crippen LogP contribution is -2.36. The zero-order chi connectivity index (χ0) is 17.0. The van der Waals surface area contributed by atoms with Crippen molar-refractivity contribution in [3.05, 3.63) is 48.1 Å². The van der Waals surface area contributed by atoms with Crippen molar-refractivity contribution in [1.29, 1.82) is 0 Å². The van der Waals surface area contributed by atoms with Crippen molar-refractivity contribution in [2.45, 2.75) is 31.9 Å². The molecule has 2 aliphatic rings. The number of carboxylic acids is 1. The molecule has 1 heterocycles. The van der Waals surface area contributed by atoms with Gasteiger partial charge in [0, 0.05) is 11.8 Å². The van der Waals surface area contributed by atoms with Gasteiger partial charge < -0.3 is 10.8 Å². The van der Waals surface area contributed by atoms with Gasteiger partial charge in [-0.1, -0.05) is 56.4 Å². The van der Waals surface area contributed by atoms with Crippen LogP contribution in [0, 0.1) is 17.3 Å². The van der Waals surface area contributed by atoms with Crippen LogP contribution in [0.3, 0.4) is 0 Å². The summed E-state index contributed by atoms with van der Waals surface area (Å²) in [6.07, 6.45) is 12.4. The summed E-state index contributed by atoms with van der Waals surface area (Å²) in [4.78, 5) is 11.0. The maximum atomic E-state index is 11.0. The molecular weight excluding hydrogens is 306 g/mol. The monoisotopic (exact) mass is 333 g/mol. The van der Waals surface area contributed by atoms with Crippen molar-refractivity contribution in [3.8, 4) is 0 Å². The van der Waals surface area contributed by atoms with E-state index in [0.717, 1.165) is 12.0 Å². The number of carbonyl (C=O) groups is 1. The normalized spacial score (nSPS) is 27.3. The summed E-state index contributed by atoms with van der Waals surface area (Å²) in [5, 5.41) is 9.59. The molecule has 3 unspecified atom stereocenters. The van der Waals surface area contributed by atoms with Gasteiger partial charge in [0.05, 0.1) is 5.92 Å². The Bertz CT molecular complexity index is 560. The lowest BCUT2D eigenvalue weighted by Gasteiger charge is -2.43. The van der Waals surface area contributed by atoms with E-state index in [2.05, 4.69) is 38.7 Å².